The maximum absolute atomic E-state index is 12.2. The molecule has 0 aromatic heterocycles. The van der Waals surface area contributed by atoms with Crippen LogP contribution in [0, 0.1) is 0 Å². The third-order valence-electron chi connectivity index (χ3n) is 3.90. The van der Waals surface area contributed by atoms with E-state index in [4.69, 9.17) is 5.73 Å². The van der Waals surface area contributed by atoms with Gasteiger partial charge in [-0.2, -0.15) is 0 Å². The molecule has 0 spiro atoms. The molecule has 2 atom stereocenters. The van der Waals surface area contributed by atoms with Crippen molar-refractivity contribution < 1.29 is 8.42 Å². The molecule has 0 saturated carbocycles. The number of likely N-dealkylation sites (tertiary alicyclic amines) is 1. The van der Waals surface area contributed by atoms with E-state index in [1.165, 1.54) is 0 Å². The van der Waals surface area contributed by atoms with Gasteiger partial charge in [0, 0.05) is 18.6 Å². The first-order chi connectivity index (χ1) is 9.40. The zero-order valence-electron chi connectivity index (χ0n) is 12.0. The molecule has 1 saturated heterocycles. The number of hydrogen-bond acceptors (Lipinski definition) is 4. The van der Waals surface area contributed by atoms with Crippen LogP contribution in [0.25, 0.3) is 0 Å². The number of benzene rings is 1. The van der Waals surface area contributed by atoms with Crippen LogP contribution in [0.5, 0.6) is 0 Å². The molecule has 1 aromatic rings. The maximum atomic E-state index is 12.2. The van der Waals surface area contributed by atoms with E-state index in [0.29, 0.717) is 17.5 Å². The van der Waals surface area contributed by atoms with Crippen molar-refractivity contribution in [2.24, 2.45) is 5.73 Å². The van der Waals surface area contributed by atoms with Crippen LogP contribution in [0.15, 0.2) is 29.2 Å². The standard InChI is InChI=1S/C14H23N3O2S/c1-11(15)12-5-7-14(8-6-12)20(18,19)16-10-13-4-3-9-17(13)2/h5-8,11,13,16H,3-4,9-10,15H2,1-2H3. The largest absolute Gasteiger partial charge is 0.324 e. The molecule has 112 valence electrons. The monoisotopic (exact) mass is 297 g/mol. The summed E-state index contributed by atoms with van der Waals surface area (Å²) in [6.45, 7) is 3.38. The van der Waals surface area contributed by atoms with Crippen LogP contribution in [0.2, 0.25) is 0 Å². The second kappa shape index (κ2) is 6.22. The minimum absolute atomic E-state index is 0.0909. The van der Waals surface area contributed by atoms with Crippen molar-refractivity contribution in [2.75, 3.05) is 20.1 Å². The number of nitrogens with one attached hydrogen (secondary N) is 1. The highest BCUT2D eigenvalue weighted by atomic mass is 32.2. The quantitative estimate of drug-likeness (QED) is 0.853. The van der Waals surface area contributed by atoms with Gasteiger partial charge in [-0.05, 0) is 51.1 Å². The fourth-order valence-electron chi connectivity index (χ4n) is 2.48. The number of likely N-dealkylation sites (N-methyl/N-ethyl adjacent to an activating group) is 1. The summed E-state index contributed by atoms with van der Waals surface area (Å²) in [5.74, 6) is 0. The molecule has 1 aromatic carbocycles. The van der Waals surface area contributed by atoms with Gasteiger partial charge >= 0.3 is 0 Å². The summed E-state index contributed by atoms with van der Waals surface area (Å²) in [7, 11) is -1.40. The summed E-state index contributed by atoms with van der Waals surface area (Å²) in [6, 6.07) is 6.96. The van der Waals surface area contributed by atoms with Crippen LogP contribution in [0.4, 0.5) is 0 Å². The van der Waals surface area contributed by atoms with E-state index in [2.05, 4.69) is 9.62 Å². The maximum Gasteiger partial charge on any atom is 0.240 e. The van der Waals surface area contributed by atoms with Crippen LogP contribution in [0.1, 0.15) is 31.4 Å². The van der Waals surface area contributed by atoms with Crippen molar-refractivity contribution in [3.63, 3.8) is 0 Å². The summed E-state index contributed by atoms with van der Waals surface area (Å²) in [5, 5.41) is 0. The Morgan fingerprint density at radius 1 is 1.40 bits per heavy atom. The Bertz CT molecular complexity index is 540. The average Bonchev–Trinajstić information content (AvgIpc) is 2.82. The number of rotatable bonds is 5. The summed E-state index contributed by atoms with van der Waals surface area (Å²) in [4.78, 5) is 2.49. The SMILES string of the molecule is CC(N)c1ccc(S(=O)(=O)NCC2CCCN2C)cc1. The summed E-state index contributed by atoms with van der Waals surface area (Å²) in [5.41, 5.74) is 6.69. The van der Waals surface area contributed by atoms with Gasteiger partial charge in [0.05, 0.1) is 4.90 Å². The van der Waals surface area contributed by atoms with Gasteiger partial charge in [-0.25, -0.2) is 13.1 Å². The fourth-order valence-corrected chi connectivity index (χ4v) is 3.55. The van der Waals surface area contributed by atoms with Gasteiger partial charge in [0.15, 0.2) is 0 Å². The lowest BCUT2D eigenvalue weighted by atomic mass is 10.1. The predicted molar refractivity (Wildman–Crippen MR) is 79.9 cm³/mol. The molecule has 0 bridgehead atoms. The molecular formula is C14H23N3O2S. The molecule has 0 radical (unpaired) electrons. The highest BCUT2D eigenvalue weighted by Crippen LogP contribution is 2.17. The molecule has 6 heteroatoms. The van der Waals surface area contributed by atoms with Crippen molar-refractivity contribution in [2.45, 2.75) is 36.7 Å². The first-order valence-corrected chi connectivity index (χ1v) is 8.44. The van der Waals surface area contributed by atoms with Crippen molar-refractivity contribution in [1.82, 2.24) is 9.62 Å². The first kappa shape index (κ1) is 15.4. The van der Waals surface area contributed by atoms with E-state index >= 15 is 0 Å². The topological polar surface area (TPSA) is 75.4 Å². The molecular weight excluding hydrogens is 274 g/mol. The average molecular weight is 297 g/mol. The molecule has 1 aliphatic heterocycles. The van der Waals surface area contributed by atoms with Gasteiger partial charge in [-0.1, -0.05) is 12.1 Å². The van der Waals surface area contributed by atoms with Gasteiger partial charge in [-0.3, -0.25) is 0 Å². The minimum Gasteiger partial charge on any atom is -0.324 e. The minimum atomic E-state index is -3.43. The highest BCUT2D eigenvalue weighted by molar-refractivity contribution is 7.89. The van der Waals surface area contributed by atoms with Crippen LogP contribution < -0.4 is 10.5 Å². The fraction of sp³-hybridized carbons (Fsp3) is 0.571. The molecule has 1 aliphatic rings. The lowest BCUT2D eigenvalue weighted by molar-refractivity contribution is 0.311. The Morgan fingerprint density at radius 3 is 2.55 bits per heavy atom. The summed E-state index contributed by atoms with van der Waals surface area (Å²) in [6.07, 6.45) is 2.18. The van der Waals surface area contributed by atoms with Gasteiger partial charge in [0.25, 0.3) is 0 Å². The molecule has 0 aliphatic carbocycles. The second-order valence-corrected chi connectivity index (χ2v) is 7.25. The predicted octanol–water partition coefficient (Wildman–Crippen LogP) is 1.08. The van der Waals surface area contributed by atoms with Crippen molar-refractivity contribution in [1.29, 1.82) is 0 Å². The lowest BCUT2D eigenvalue weighted by Crippen LogP contribution is -2.38. The smallest absolute Gasteiger partial charge is 0.240 e. The Labute approximate surface area is 121 Å². The van der Waals surface area contributed by atoms with Gasteiger partial charge in [-0.15, -0.1) is 0 Å². The molecule has 2 unspecified atom stereocenters. The lowest BCUT2D eigenvalue weighted by Gasteiger charge is -2.19. The van der Waals surface area contributed by atoms with E-state index in [-0.39, 0.29) is 6.04 Å². The van der Waals surface area contributed by atoms with Crippen molar-refractivity contribution in [3.05, 3.63) is 29.8 Å². The third kappa shape index (κ3) is 3.58. The summed E-state index contributed by atoms with van der Waals surface area (Å²) < 4.78 is 27.1. The Balaban J connectivity index is 2.02. The number of hydrogen-bond donors (Lipinski definition) is 2. The number of nitrogens with zero attached hydrogens (tertiary/aromatic N) is 1. The van der Waals surface area contributed by atoms with Crippen LogP contribution >= 0.6 is 0 Å². The van der Waals surface area contributed by atoms with Crippen LogP contribution in [-0.4, -0.2) is 39.5 Å². The molecule has 2 rings (SSSR count). The van der Waals surface area contributed by atoms with E-state index in [9.17, 15) is 8.42 Å². The van der Waals surface area contributed by atoms with Gasteiger partial charge in [0.1, 0.15) is 0 Å². The molecule has 20 heavy (non-hydrogen) atoms. The number of nitrogens with two attached hydrogens (primary N) is 1. The Kier molecular flexibility index (Phi) is 4.80. The summed E-state index contributed by atoms with van der Waals surface area (Å²) >= 11 is 0. The van der Waals surface area contributed by atoms with Crippen LogP contribution in [0.3, 0.4) is 0 Å². The van der Waals surface area contributed by atoms with Crippen LogP contribution in [-0.2, 0) is 10.0 Å². The van der Waals surface area contributed by atoms with E-state index in [1.807, 2.05) is 14.0 Å². The van der Waals surface area contributed by atoms with Crippen molar-refractivity contribution in [3.8, 4) is 0 Å². The molecule has 1 heterocycles. The van der Waals surface area contributed by atoms with E-state index in [0.717, 1.165) is 24.9 Å². The highest BCUT2D eigenvalue weighted by Gasteiger charge is 2.23. The zero-order valence-corrected chi connectivity index (χ0v) is 12.9. The Morgan fingerprint density at radius 2 is 2.05 bits per heavy atom. The van der Waals surface area contributed by atoms with Crippen molar-refractivity contribution >= 4 is 10.0 Å². The second-order valence-electron chi connectivity index (χ2n) is 5.49. The van der Waals surface area contributed by atoms with E-state index in [1.54, 1.807) is 24.3 Å². The molecule has 5 nitrogen and oxygen atoms in total. The number of sulfonamides is 1. The van der Waals surface area contributed by atoms with Gasteiger partial charge in [0.2, 0.25) is 10.0 Å². The van der Waals surface area contributed by atoms with E-state index < -0.39 is 10.0 Å². The normalized spacial score (nSPS) is 22.1. The first-order valence-electron chi connectivity index (χ1n) is 6.95. The van der Waals surface area contributed by atoms with Gasteiger partial charge < -0.3 is 10.6 Å². The zero-order chi connectivity index (χ0) is 14.8. The third-order valence-corrected chi connectivity index (χ3v) is 5.34. The Hall–Kier alpha value is -0.950. The molecule has 1 fully saturated rings. The molecule has 3 N–H and O–H groups in total. The molecule has 0 amide bonds.